The van der Waals surface area contributed by atoms with Crippen LogP contribution in [0.25, 0.3) is 5.69 Å². The van der Waals surface area contributed by atoms with Crippen LogP contribution in [0.15, 0.2) is 18.2 Å². The second-order valence-electron chi connectivity index (χ2n) is 3.44. The summed E-state index contributed by atoms with van der Waals surface area (Å²) in [6.45, 7) is 1.82. The molecule has 88 valence electrons. The normalized spacial score (nSPS) is 10.5. The number of carboxylic acid groups (broad SMARTS) is 1. The van der Waals surface area contributed by atoms with E-state index in [1.807, 2.05) is 6.92 Å². The number of benzene rings is 1. The van der Waals surface area contributed by atoms with Gasteiger partial charge in [-0.15, -0.1) is 5.10 Å². The Labute approximate surface area is 102 Å². The lowest BCUT2D eigenvalue weighted by molar-refractivity contribution is 0.0683. The Kier molecular flexibility index (Phi) is 2.72. The molecule has 0 aliphatic heterocycles. The molecule has 6 nitrogen and oxygen atoms in total. The summed E-state index contributed by atoms with van der Waals surface area (Å²) < 4.78 is 1.27. The molecule has 2 rings (SSSR count). The first-order chi connectivity index (χ1) is 7.99. The van der Waals surface area contributed by atoms with E-state index >= 15 is 0 Å². The average molecular weight is 253 g/mol. The van der Waals surface area contributed by atoms with Gasteiger partial charge in [0.25, 0.3) is 5.82 Å². The smallest absolute Gasteiger partial charge is 0.375 e. The number of nitrogen functional groups attached to an aromatic ring is 1. The van der Waals surface area contributed by atoms with Gasteiger partial charge in [-0.3, -0.25) is 0 Å². The molecule has 0 saturated heterocycles. The molecular formula is C10H9ClN4O2. The molecule has 1 aromatic carbocycles. The second kappa shape index (κ2) is 4.06. The minimum absolute atomic E-state index is 0.0211. The van der Waals surface area contributed by atoms with Gasteiger partial charge in [0.2, 0.25) is 5.95 Å². The van der Waals surface area contributed by atoms with E-state index in [4.69, 9.17) is 22.4 Å². The number of carbonyl (C=O) groups is 1. The Bertz CT molecular complexity index is 594. The maximum absolute atomic E-state index is 10.7. The van der Waals surface area contributed by atoms with Gasteiger partial charge in [0.1, 0.15) is 0 Å². The van der Waals surface area contributed by atoms with Crippen molar-refractivity contribution >= 4 is 23.5 Å². The zero-order chi connectivity index (χ0) is 12.6. The quantitative estimate of drug-likeness (QED) is 0.845. The Balaban J connectivity index is 2.56. The van der Waals surface area contributed by atoms with Crippen LogP contribution < -0.4 is 5.73 Å². The molecule has 0 unspecified atom stereocenters. The van der Waals surface area contributed by atoms with Gasteiger partial charge in [-0.1, -0.05) is 11.6 Å². The van der Waals surface area contributed by atoms with E-state index in [0.717, 1.165) is 5.56 Å². The predicted octanol–water partition coefficient (Wildman–Crippen LogP) is 1.51. The monoisotopic (exact) mass is 252 g/mol. The van der Waals surface area contributed by atoms with Gasteiger partial charge in [-0.25, -0.2) is 4.79 Å². The molecule has 0 amide bonds. The topological polar surface area (TPSA) is 94.0 Å². The van der Waals surface area contributed by atoms with Gasteiger partial charge in [0.15, 0.2) is 0 Å². The van der Waals surface area contributed by atoms with E-state index in [0.29, 0.717) is 10.7 Å². The van der Waals surface area contributed by atoms with E-state index in [1.165, 1.54) is 4.68 Å². The molecule has 1 aromatic heterocycles. The molecule has 0 aliphatic rings. The van der Waals surface area contributed by atoms with Gasteiger partial charge in [-0.05, 0) is 30.7 Å². The maximum atomic E-state index is 10.7. The fourth-order valence-corrected chi connectivity index (χ4v) is 1.68. The molecular weight excluding hydrogens is 244 g/mol. The summed E-state index contributed by atoms with van der Waals surface area (Å²) in [5, 5.41) is 13.2. The first kappa shape index (κ1) is 11.4. The molecule has 0 fully saturated rings. The lowest BCUT2D eigenvalue weighted by atomic mass is 10.2. The lowest BCUT2D eigenvalue weighted by Crippen LogP contribution is -2.05. The summed E-state index contributed by atoms with van der Waals surface area (Å²) in [4.78, 5) is 14.4. The minimum Gasteiger partial charge on any atom is -0.475 e. The minimum atomic E-state index is -1.22. The SMILES string of the molecule is Cc1cc(Cl)ccc1-n1nc(C(=O)O)nc1N. The van der Waals surface area contributed by atoms with Crippen LogP contribution in [0, 0.1) is 6.92 Å². The van der Waals surface area contributed by atoms with Crippen molar-refractivity contribution in [1.82, 2.24) is 14.8 Å². The molecule has 2 aromatic rings. The highest BCUT2D eigenvalue weighted by Crippen LogP contribution is 2.20. The largest absolute Gasteiger partial charge is 0.475 e. The fourth-order valence-electron chi connectivity index (χ4n) is 1.45. The van der Waals surface area contributed by atoms with Crippen molar-refractivity contribution in [2.45, 2.75) is 6.92 Å². The molecule has 0 spiro atoms. The lowest BCUT2D eigenvalue weighted by Gasteiger charge is -2.06. The van der Waals surface area contributed by atoms with Crippen LogP contribution in [0.1, 0.15) is 16.2 Å². The van der Waals surface area contributed by atoms with Gasteiger partial charge in [0, 0.05) is 5.02 Å². The first-order valence-electron chi connectivity index (χ1n) is 4.71. The Morgan fingerprint density at radius 2 is 2.24 bits per heavy atom. The van der Waals surface area contributed by atoms with Gasteiger partial charge < -0.3 is 10.8 Å². The fraction of sp³-hybridized carbons (Fsp3) is 0.100. The Hall–Kier alpha value is -2.08. The molecule has 1 heterocycles. The standard InChI is InChI=1S/C10H9ClN4O2/c1-5-4-6(11)2-3-7(5)15-10(12)13-8(14-15)9(16)17/h2-4H,1H3,(H,16,17)(H2,12,13,14). The summed E-state index contributed by atoms with van der Waals surface area (Å²) in [5.41, 5.74) is 7.08. The van der Waals surface area contributed by atoms with Crippen LogP contribution in [0.4, 0.5) is 5.95 Å². The highest BCUT2D eigenvalue weighted by atomic mass is 35.5. The number of nitrogens with two attached hydrogens (primary N) is 1. The molecule has 0 saturated carbocycles. The van der Waals surface area contributed by atoms with Crippen LogP contribution in [0.3, 0.4) is 0 Å². The second-order valence-corrected chi connectivity index (χ2v) is 3.88. The number of hydrogen-bond acceptors (Lipinski definition) is 4. The number of rotatable bonds is 2. The number of nitrogens with zero attached hydrogens (tertiary/aromatic N) is 3. The van der Waals surface area contributed by atoms with Crippen molar-refractivity contribution in [1.29, 1.82) is 0 Å². The number of hydrogen-bond donors (Lipinski definition) is 2. The highest BCUT2D eigenvalue weighted by molar-refractivity contribution is 6.30. The molecule has 3 N–H and O–H groups in total. The summed E-state index contributed by atoms with van der Waals surface area (Å²) in [7, 11) is 0. The molecule has 7 heteroatoms. The summed E-state index contributed by atoms with van der Waals surface area (Å²) in [5.74, 6) is -1.54. The number of halogens is 1. The van der Waals surface area contributed by atoms with Crippen molar-refractivity contribution < 1.29 is 9.90 Å². The predicted molar refractivity (Wildman–Crippen MR) is 62.5 cm³/mol. The summed E-state index contributed by atoms with van der Waals surface area (Å²) in [6, 6.07) is 5.11. The number of aromatic carboxylic acids is 1. The van der Waals surface area contributed by atoms with Crippen molar-refractivity contribution in [2.75, 3.05) is 5.73 Å². The zero-order valence-electron chi connectivity index (χ0n) is 8.88. The van der Waals surface area contributed by atoms with Crippen LogP contribution in [0.5, 0.6) is 0 Å². The molecule has 0 bridgehead atoms. The van der Waals surface area contributed by atoms with Crippen molar-refractivity contribution in [2.24, 2.45) is 0 Å². The number of carboxylic acids is 1. The molecule has 0 atom stereocenters. The van der Waals surface area contributed by atoms with Crippen molar-refractivity contribution in [3.63, 3.8) is 0 Å². The van der Waals surface area contributed by atoms with E-state index in [-0.39, 0.29) is 11.8 Å². The molecule has 17 heavy (non-hydrogen) atoms. The van der Waals surface area contributed by atoms with E-state index in [2.05, 4.69) is 10.1 Å². The van der Waals surface area contributed by atoms with Gasteiger partial charge in [-0.2, -0.15) is 9.67 Å². The highest BCUT2D eigenvalue weighted by Gasteiger charge is 2.15. The van der Waals surface area contributed by atoms with Crippen LogP contribution in [0.2, 0.25) is 5.02 Å². The van der Waals surface area contributed by atoms with Gasteiger partial charge in [0.05, 0.1) is 5.69 Å². The van der Waals surface area contributed by atoms with Crippen LogP contribution >= 0.6 is 11.6 Å². The van der Waals surface area contributed by atoms with E-state index in [1.54, 1.807) is 18.2 Å². The van der Waals surface area contributed by atoms with Crippen LogP contribution in [-0.4, -0.2) is 25.8 Å². The summed E-state index contributed by atoms with van der Waals surface area (Å²) >= 11 is 5.83. The van der Waals surface area contributed by atoms with Gasteiger partial charge >= 0.3 is 5.97 Å². The van der Waals surface area contributed by atoms with E-state index < -0.39 is 5.97 Å². The molecule has 0 aliphatic carbocycles. The first-order valence-corrected chi connectivity index (χ1v) is 5.09. The zero-order valence-corrected chi connectivity index (χ0v) is 9.64. The maximum Gasteiger partial charge on any atom is 0.375 e. The summed E-state index contributed by atoms with van der Waals surface area (Å²) in [6.07, 6.45) is 0. The average Bonchev–Trinajstić information content (AvgIpc) is 2.61. The van der Waals surface area contributed by atoms with Crippen LogP contribution in [-0.2, 0) is 0 Å². The van der Waals surface area contributed by atoms with Crippen molar-refractivity contribution in [3.05, 3.63) is 34.6 Å². The van der Waals surface area contributed by atoms with Crippen molar-refractivity contribution in [3.8, 4) is 5.69 Å². The number of aryl methyl sites for hydroxylation is 1. The molecule has 0 radical (unpaired) electrons. The Morgan fingerprint density at radius 3 is 2.76 bits per heavy atom. The number of aromatic nitrogens is 3. The third-order valence-electron chi connectivity index (χ3n) is 2.21. The third kappa shape index (κ3) is 2.07. The Morgan fingerprint density at radius 1 is 1.53 bits per heavy atom. The third-order valence-corrected chi connectivity index (χ3v) is 2.45. The van der Waals surface area contributed by atoms with E-state index in [9.17, 15) is 4.79 Å². The number of anilines is 1.